The molecule has 2 aromatic rings. The number of benzene rings is 1. The molecule has 0 radical (unpaired) electrons. The average molecular weight is 246 g/mol. The fraction of sp³-hybridized carbons (Fsp3) is 0.167. The smallest absolute Gasteiger partial charge is 0.147 e. The largest absolute Gasteiger partial charge is 0.308 e. The van der Waals surface area contributed by atoms with Crippen LogP contribution in [-0.2, 0) is 6.42 Å². The molecule has 0 spiro atoms. The van der Waals surface area contributed by atoms with E-state index >= 15 is 0 Å². The van der Waals surface area contributed by atoms with E-state index in [9.17, 15) is 0 Å². The number of rotatable bonds is 4. The minimum Gasteiger partial charge on any atom is -0.308 e. The van der Waals surface area contributed by atoms with Gasteiger partial charge < -0.3 is 5.43 Å². The highest BCUT2D eigenvalue weighted by atomic mass is 32.2. The monoisotopic (exact) mass is 246 g/mol. The van der Waals surface area contributed by atoms with E-state index in [2.05, 4.69) is 34.5 Å². The second kappa shape index (κ2) is 5.65. The number of hydrogen-bond donors (Lipinski definition) is 2. The van der Waals surface area contributed by atoms with Gasteiger partial charge in [0.1, 0.15) is 17.2 Å². The van der Waals surface area contributed by atoms with E-state index in [1.54, 1.807) is 11.8 Å². The van der Waals surface area contributed by atoms with Crippen molar-refractivity contribution in [3.63, 3.8) is 0 Å². The quantitative estimate of drug-likeness (QED) is 0.493. The van der Waals surface area contributed by atoms with E-state index in [4.69, 9.17) is 5.84 Å². The van der Waals surface area contributed by atoms with Crippen LogP contribution in [-0.4, -0.2) is 9.97 Å². The van der Waals surface area contributed by atoms with E-state index < -0.39 is 0 Å². The highest BCUT2D eigenvalue weighted by Gasteiger charge is 2.09. The molecular weight excluding hydrogens is 232 g/mol. The molecule has 0 aliphatic carbocycles. The van der Waals surface area contributed by atoms with Crippen molar-refractivity contribution >= 4 is 17.6 Å². The maximum atomic E-state index is 5.44. The molecule has 2 rings (SSSR count). The molecule has 1 aromatic heterocycles. The Morgan fingerprint density at radius 1 is 1.24 bits per heavy atom. The summed E-state index contributed by atoms with van der Waals surface area (Å²) in [6.45, 7) is 2.06. The Morgan fingerprint density at radius 3 is 2.65 bits per heavy atom. The van der Waals surface area contributed by atoms with E-state index in [-0.39, 0.29) is 0 Å². The van der Waals surface area contributed by atoms with Gasteiger partial charge >= 0.3 is 0 Å². The van der Waals surface area contributed by atoms with Crippen molar-refractivity contribution in [1.29, 1.82) is 0 Å². The van der Waals surface area contributed by atoms with E-state index in [1.807, 2.05) is 18.2 Å². The summed E-state index contributed by atoms with van der Waals surface area (Å²) in [5.74, 6) is 6.13. The van der Waals surface area contributed by atoms with Crippen LogP contribution in [0.2, 0.25) is 0 Å². The molecular formula is C12H14N4S. The van der Waals surface area contributed by atoms with Crippen LogP contribution in [0.5, 0.6) is 0 Å². The number of hydrogen-bond acceptors (Lipinski definition) is 5. The summed E-state index contributed by atoms with van der Waals surface area (Å²) in [7, 11) is 0. The van der Waals surface area contributed by atoms with Gasteiger partial charge in [0, 0.05) is 10.5 Å². The predicted molar refractivity (Wildman–Crippen MR) is 69.8 cm³/mol. The lowest BCUT2D eigenvalue weighted by Gasteiger charge is -2.10. The van der Waals surface area contributed by atoms with E-state index in [1.165, 1.54) is 6.33 Å². The zero-order valence-corrected chi connectivity index (χ0v) is 10.4. The fourth-order valence-corrected chi connectivity index (χ4v) is 2.51. The lowest BCUT2D eigenvalue weighted by atomic mass is 10.2. The lowest BCUT2D eigenvalue weighted by molar-refractivity contribution is 0.941. The van der Waals surface area contributed by atoms with Gasteiger partial charge in [0.15, 0.2) is 0 Å². The van der Waals surface area contributed by atoms with Gasteiger partial charge in [-0.05, 0) is 18.6 Å². The normalized spacial score (nSPS) is 10.2. The summed E-state index contributed by atoms with van der Waals surface area (Å²) in [5.41, 5.74) is 3.65. The van der Waals surface area contributed by atoms with Crippen molar-refractivity contribution in [3.05, 3.63) is 42.2 Å². The Kier molecular flexibility index (Phi) is 3.95. The van der Waals surface area contributed by atoms with Crippen molar-refractivity contribution in [3.8, 4) is 0 Å². The maximum absolute atomic E-state index is 5.44. The van der Waals surface area contributed by atoms with Gasteiger partial charge in [-0.25, -0.2) is 15.8 Å². The summed E-state index contributed by atoms with van der Waals surface area (Å²) in [6, 6.07) is 10.1. The van der Waals surface area contributed by atoms with Crippen LogP contribution >= 0.6 is 11.8 Å². The third kappa shape index (κ3) is 2.75. The van der Waals surface area contributed by atoms with E-state index in [0.29, 0.717) is 5.82 Å². The second-order valence-electron chi connectivity index (χ2n) is 3.42. The summed E-state index contributed by atoms with van der Waals surface area (Å²) >= 11 is 1.62. The first-order valence-corrected chi connectivity index (χ1v) is 6.20. The van der Waals surface area contributed by atoms with Crippen LogP contribution in [0, 0.1) is 0 Å². The van der Waals surface area contributed by atoms with Crippen LogP contribution in [0.25, 0.3) is 0 Å². The highest BCUT2D eigenvalue weighted by molar-refractivity contribution is 7.99. The summed E-state index contributed by atoms with van der Waals surface area (Å²) in [5, 5.41) is 0.946. The fourth-order valence-electron chi connectivity index (χ4n) is 1.53. The number of anilines is 1. The molecule has 0 saturated heterocycles. The SMILES string of the molecule is CCc1c(NN)ncnc1Sc1ccccc1. The number of nitrogens with one attached hydrogen (secondary N) is 1. The first-order chi connectivity index (χ1) is 8.35. The molecule has 3 N–H and O–H groups in total. The zero-order chi connectivity index (χ0) is 12.1. The van der Waals surface area contributed by atoms with Crippen LogP contribution in [0.1, 0.15) is 12.5 Å². The Morgan fingerprint density at radius 2 is 2.00 bits per heavy atom. The Labute approximate surface area is 105 Å². The predicted octanol–water partition coefficient (Wildman–Crippen LogP) is 2.48. The van der Waals surface area contributed by atoms with Crippen LogP contribution in [0.15, 0.2) is 46.6 Å². The molecule has 0 unspecified atom stereocenters. The molecule has 0 amide bonds. The molecule has 4 nitrogen and oxygen atoms in total. The molecule has 88 valence electrons. The van der Waals surface area contributed by atoms with Gasteiger partial charge in [0.05, 0.1) is 0 Å². The molecule has 0 atom stereocenters. The summed E-state index contributed by atoms with van der Waals surface area (Å²) in [4.78, 5) is 9.58. The molecule has 0 aliphatic heterocycles. The average Bonchev–Trinajstić information content (AvgIpc) is 2.39. The maximum Gasteiger partial charge on any atom is 0.147 e. The third-order valence-electron chi connectivity index (χ3n) is 2.35. The molecule has 1 heterocycles. The number of nitrogens with two attached hydrogens (primary N) is 1. The highest BCUT2D eigenvalue weighted by Crippen LogP contribution is 2.30. The van der Waals surface area contributed by atoms with Crippen molar-refractivity contribution in [2.75, 3.05) is 5.43 Å². The topological polar surface area (TPSA) is 63.8 Å². The van der Waals surface area contributed by atoms with Crippen molar-refractivity contribution < 1.29 is 0 Å². The number of nitrogen functional groups attached to an aromatic ring is 1. The molecule has 5 heteroatoms. The minimum absolute atomic E-state index is 0.695. The first-order valence-electron chi connectivity index (χ1n) is 5.38. The van der Waals surface area contributed by atoms with Crippen molar-refractivity contribution in [2.24, 2.45) is 5.84 Å². The van der Waals surface area contributed by atoms with Crippen molar-refractivity contribution in [1.82, 2.24) is 9.97 Å². The second-order valence-corrected chi connectivity index (χ2v) is 4.48. The van der Waals surface area contributed by atoms with Gasteiger partial charge in [-0.3, -0.25) is 0 Å². The molecule has 0 bridgehead atoms. The number of aromatic nitrogens is 2. The van der Waals surface area contributed by atoms with Crippen LogP contribution < -0.4 is 11.3 Å². The summed E-state index contributed by atoms with van der Waals surface area (Å²) < 4.78 is 0. The van der Waals surface area contributed by atoms with Gasteiger partial charge in [0.25, 0.3) is 0 Å². The van der Waals surface area contributed by atoms with Gasteiger partial charge in [-0.15, -0.1) is 0 Å². The summed E-state index contributed by atoms with van der Waals surface area (Å²) in [6.07, 6.45) is 2.37. The van der Waals surface area contributed by atoms with E-state index in [0.717, 1.165) is 21.9 Å². The molecule has 0 aliphatic rings. The zero-order valence-electron chi connectivity index (χ0n) is 9.55. The molecule has 1 aromatic carbocycles. The third-order valence-corrected chi connectivity index (χ3v) is 3.41. The van der Waals surface area contributed by atoms with Gasteiger partial charge in [-0.1, -0.05) is 36.9 Å². The van der Waals surface area contributed by atoms with Crippen molar-refractivity contribution in [2.45, 2.75) is 23.3 Å². The minimum atomic E-state index is 0.695. The Bertz CT molecular complexity index is 487. The lowest BCUT2D eigenvalue weighted by Crippen LogP contribution is -2.12. The molecule has 0 fully saturated rings. The molecule has 17 heavy (non-hydrogen) atoms. The Hall–Kier alpha value is -1.59. The molecule has 0 saturated carbocycles. The Balaban J connectivity index is 2.33. The number of nitrogens with zero attached hydrogens (tertiary/aromatic N) is 2. The standard InChI is InChI=1S/C12H14N4S/c1-2-10-11(16-13)14-8-15-12(10)17-9-6-4-3-5-7-9/h3-8H,2,13H2,1H3,(H,14,15,16). The number of hydrazine groups is 1. The van der Waals surface area contributed by atoms with Crippen LogP contribution in [0.4, 0.5) is 5.82 Å². The van der Waals surface area contributed by atoms with Gasteiger partial charge in [0.2, 0.25) is 0 Å². The van der Waals surface area contributed by atoms with Crippen LogP contribution in [0.3, 0.4) is 0 Å². The first kappa shape index (κ1) is 11.9. The van der Waals surface area contributed by atoms with Gasteiger partial charge in [-0.2, -0.15) is 0 Å².